The maximum Gasteiger partial charge on any atom is 0.240 e. The second kappa shape index (κ2) is 7.21. The van der Waals surface area contributed by atoms with Crippen LogP contribution in [-0.2, 0) is 14.8 Å². The number of anilines is 1. The van der Waals surface area contributed by atoms with Gasteiger partial charge in [-0.1, -0.05) is 0 Å². The summed E-state index contributed by atoms with van der Waals surface area (Å²) in [6.07, 6.45) is 1.87. The van der Waals surface area contributed by atoms with Gasteiger partial charge in [0.2, 0.25) is 15.9 Å². The van der Waals surface area contributed by atoms with Crippen molar-refractivity contribution in [2.45, 2.75) is 37.6 Å². The average molecular weight is 325 g/mol. The summed E-state index contributed by atoms with van der Waals surface area (Å²) in [7, 11) is -3.50. The van der Waals surface area contributed by atoms with E-state index in [9.17, 15) is 13.2 Å². The second-order valence-electron chi connectivity index (χ2n) is 5.83. The molecule has 1 heterocycles. The maximum absolute atomic E-state index is 12.1. The number of hydrogen-bond donors (Lipinski definition) is 3. The standard InChI is InChI=1S/C15H23N3O3S/c1-11(2)18-22(20,21)14-7-5-13(6-8-14)17-15(19)12-4-3-9-16-10-12/h5-8,11-12,16,18H,3-4,9-10H2,1-2H3,(H,17,19)/t12-/m1/s1. The maximum atomic E-state index is 12.1. The summed E-state index contributed by atoms with van der Waals surface area (Å²) in [6.45, 7) is 5.19. The molecule has 2 rings (SSSR count). The van der Waals surface area contributed by atoms with Crippen molar-refractivity contribution in [3.05, 3.63) is 24.3 Å². The second-order valence-corrected chi connectivity index (χ2v) is 7.55. The highest BCUT2D eigenvalue weighted by molar-refractivity contribution is 7.89. The van der Waals surface area contributed by atoms with Crippen LogP contribution in [0.15, 0.2) is 29.2 Å². The first-order valence-electron chi connectivity index (χ1n) is 7.52. The fraction of sp³-hybridized carbons (Fsp3) is 0.533. The summed E-state index contributed by atoms with van der Waals surface area (Å²) in [5.41, 5.74) is 0.610. The van der Waals surface area contributed by atoms with Crippen LogP contribution in [0.1, 0.15) is 26.7 Å². The molecule has 1 aromatic rings. The molecule has 1 fully saturated rings. The van der Waals surface area contributed by atoms with Crippen LogP contribution < -0.4 is 15.4 Å². The fourth-order valence-electron chi connectivity index (χ4n) is 2.42. The number of rotatable bonds is 5. The zero-order valence-electron chi connectivity index (χ0n) is 12.9. The van der Waals surface area contributed by atoms with Crippen LogP contribution in [0.5, 0.6) is 0 Å². The molecule has 1 saturated heterocycles. The Morgan fingerprint density at radius 3 is 2.50 bits per heavy atom. The minimum Gasteiger partial charge on any atom is -0.326 e. The molecule has 0 bridgehead atoms. The van der Waals surface area contributed by atoms with Gasteiger partial charge >= 0.3 is 0 Å². The van der Waals surface area contributed by atoms with Crippen molar-refractivity contribution < 1.29 is 13.2 Å². The Kier molecular flexibility index (Phi) is 5.55. The molecular weight excluding hydrogens is 302 g/mol. The monoisotopic (exact) mass is 325 g/mol. The molecule has 22 heavy (non-hydrogen) atoms. The summed E-state index contributed by atoms with van der Waals surface area (Å²) < 4.78 is 26.6. The van der Waals surface area contributed by atoms with E-state index < -0.39 is 10.0 Å². The molecule has 1 aliphatic rings. The van der Waals surface area contributed by atoms with E-state index in [-0.39, 0.29) is 22.8 Å². The molecule has 1 aromatic carbocycles. The lowest BCUT2D eigenvalue weighted by molar-refractivity contribution is -0.120. The summed E-state index contributed by atoms with van der Waals surface area (Å²) in [5, 5.41) is 6.04. The largest absolute Gasteiger partial charge is 0.326 e. The Hall–Kier alpha value is -1.44. The number of carbonyl (C=O) groups excluding carboxylic acids is 1. The van der Waals surface area contributed by atoms with E-state index in [0.717, 1.165) is 19.4 Å². The molecule has 0 saturated carbocycles. The van der Waals surface area contributed by atoms with Crippen molar-refractivity contribution in [3.63, 3.8) is 0 Å². The molecular formula is C15H23N3O3S. The van der Waals surface area contributed by atoms with Gasteiger partial charge < -0.3 is 10.6 Å². The number of hydrogen-bond acceptors (Lipinski definition) is 4. The first-order valence-corrected chi connectivity index (χ1v) is 9.01. The Bertz CT molecular complexity index is 605. The van der Waals surface area contributed by atoms with Crippen LogP contribution in [0.3, 0.4) is 0 Å². The van der Waals surface area contributed by atoms with E-state index in [4.69, 9.17) is 0 Å². The Balaban J connectivity index is 2.01. The van der Waals surface area contributed by atoms with Gasteiger partial charge in [-0.2, -0.15) is 0 Å². The molecule has 0 radical (unpaired) electrons. The number of benzene rings is 1. The molecule has 1 aliphatic heterocycles. The van der Waals surface area contributed by atoms with E-state index in [0.29, 0.717) is 12.2 Å². The van der Waals surface area contributed by atoms with Gasteiger partial charge in [-0.25, -0.2) is 13.1 Å². The molecule has 122 valence electrons. The number of amides is 1. The van der Waals surface area contributed by atoms with Crippen LogP contribution in [0.2, 0.25) is 0 Å². The van der Waals surface area contributed by atoms with Crippen LogP contribution in [-0.4, -0.2) is 33.5 Å². The highest BCUT2D eigenvalue weighted by atomic mass is 32.2. The molecule has 7 heteroatoms. The van der Waals surface area contributed by atoms with Crippen LogP contribution >= 0.6 is 0 Å². The van der Waals surface area contributed by atoms with Gasteiger partial charge in [0.25, 0.3) is 0 Å². The summed E-state index contributed by atoms with van der Waals surface area (Å²) in [5.74, 6) is -0.0529. The molecule has 1 amide bonds. The van der Waals surface area contributed by atoms with Crippen LogP contribution in [0.25, 0.3) is 0 Å². The van der Waals surface area contributed by atoms with Crippen molar-refractivity contribution >= 4 is 21.6 Å². The van der Waals surface area contributed by atoms with Gasteiger partial charge in [-0.05, 0) is 57.5 Å². The lowest BCUT2D eigenvalue weighted by Gasteiger charge is -2.21. The molecule has 0 unspecified atom stereocenters. The number of sulfonamides is 1. The van der Waals surface area contributed by atoms with Gasteiger partial charge in [0.1, 0.15) is 0 Å². The Morgan fingerprint density at radius 1 is 1.27 bits per heavy atom. The van der Waals surface area contributed by atoms with Gasteiger partial charge in [-0.3, -0.25) is 4.79 Å². The normalized spacial score (nSPS) is 19.1. The van der Waals surface area contributed by atoms with Crippen molar-refractivity contribution in [1.29, 1.82) is 0 Å². The van der Waals surface area contributed by atoms with Crippen molar-refractivity contribution in [2.75, 3.05) is 18.4 Å². The zero-order chi connectivity index (χ0) is 16.2. The third-order valence-corrected chi connectivity index (χ3v) is 5.17. The van der Waals surface area contributed by atoms with E-state index in [1.54, 1.807) is 26.0 Å². The SMILES string of the molecule is CC(C)NS(=O)(=O)c1ccc(NC(=O)[C@@H]2CCCNC2)cc1. The molecule has 3 N–H and O–H groups in total. The minimum atomic E-state index is -3.50. The smallest absolute Gasteiger partial charge is 0.240 e. The summed E-state index contributed by atoms with van der Waals surface area (Å²) in [6, 6.07) is 6.06. The molecule has 0 spiro atoms. The first kappa shape index (κ1) is 16.9. The third kappa shape index (κ3) is 4.53. The molecule has 1 atom stereocenters. The summed E-state index contributed by atoms with van der Waals surface area (Å²) in [4.78, 5) is 12.3. The molecule has 6 nitrogen and oxygen atoms in total. The van der Waals surface area contributed by atoms with E-state index in [2.05, 4.69) is 15.4 Å². The van der Waals surface area contributed by atoms with Crippen molar-refractivity contribution in [2.24, 2.45) is 5.92 Å². The van der Waals surface area contributed by atoms with Gasteiger partial charge in [0.15, 0.2) is 0 Å². The topological polar surface area (TPSA) is 87.3 Å². The number of carbonyl (C=O) groups is 1. The van der Waals surface area contributed by atoms with Gasteiger partial charge in [-0.15, -0.1) is 0 Å². The van der Waals surface area contributed by atoms with E-state index >= 15 is 0 Å². The van der Waals surface area contributed by atoms with Gasteiger partial charge in [0.05, 0.1) is 10.8 Å². The van der Waals surface area contributed by atoms with Crippen molar-refractivity contribution in [1.82, 2.24) is 10.0 Å². The van der Waals surface area contributed by atoms with Gasteiger partial charge in [0, 0.05) is 18.3 Å². The quantitative estimate of drug-likeness (QED) is 0.762. The molecule has 0 aromatic heterocycles. The van der Waals surface area contributed by atoms with E-state index in [1.807, 2.05) is 0 Å². The van der Waals surface area contributed by atoms with Crippen LogP contribution in [0, 0.1) is 5.92 Å². The first-order chi connectivity index (χ1) is 10.4. The zero-order valence-corrected chi connectivity index (χ0v) is 13.7. The summed E-state index contributed by atoms with van der Waals surface area (Å²) >= 11 is 0. The van der Waals surface area contributed by atoms with Crippen molar-refractivity contribution in [3.8, 4) is 0 Å². The van der Waals surface area contributed by atoms with E-state index in [1.165, 1.54) is 12.1 Å². The highest BCUT2D eigenvalue weighted by Crippen LogP contribution is 2.17. The molecule has 0 aliphatic carbocycles. The predicted molar refractivity (Wildman–Crippen MR) is 86.1 cm³/mol. The van der Waals surface area contributed by atoms with Crippen LogP contribution in [0.4, 0.5) is 5.69 Å². The number of piperidine rings is 1. The lowest BCUT2D eigenvalue weighted by Crippen LogP contribution is -2.37. The average Bonchev–Trinajstić information content (AvgIpc) is 2.47. The fourth-order valence-corrected chi connectivity index (χ4v) is 3.67. The highest BCUT2D eigenvalue weighted by Gasteiger charge is 2.21. The Morgan fingerprint density at radius 2 is 1.95 bits per heavy atom. The lowest BCUT2D eigenvalue weighted by atomic mass is 9.99. The Labute approximate surface area is 131 Å². The minimum absolute atomic E-state index is 0.0249. The predicted octanol–water partition coefficient (Wildman–Crippen LogP) is 1.31. The third-order valence-electron chi connectivity index (χ3n) is 3.49. The number of nitrogens with one attached hydrogen (secondary N) is 3.